The Kier molecular flexibility index (Phi) is 4.20. The third kappa shape index (κ3) is 3.00. The highest BCUT2D eigenvalue weighted by atomic mass is 32.1. The van der Waals surface area contributed by atoms with Gasteiger partial charge in [-0.3, -0.25) is 9.67 Å². The molecule has 118 valence electrons. The van der Waals surface area contributed by atoms with Gasteiger partial charge in [-0.15, -0.1) is 0 Å². The number of nitrogens with one attached hydrogen (secondary N) is 1. The predicted octanol–water partition coefficient (Wildman–Crippen LogP) is 3.94. The molecular formula is C16H13F2N3OS. The van der Waals surface area contributed by atoms with Crippen LogP contribution in [0.5, 0.6) is 5.75 Å². The first-order chi connectivity index (χ1) is 11.1. The minimum atomic E-state index is -0.751. The van der Waals surface area contributed by atoms with Gasteiger partial charge in [0.25, 0.3) is 0 Å². The highest BCUT2D eigenvalue weighted by Crippen LogP contribution is 2.24. The van der Waals surface area contributed by atoms with Crippen LogP contribution in [-0.2, 0) is 6.54 Å². The average Bonchev–Trinajstić information content (AvgIpc) is 2.89. The van der Waals surface area contributed by atoms with Crippen LogP contribution in [0.3, 0.4) is 0 Å². The first kappa shape index (κ1) is 15.4. The van der Waals surface area contributed by atoms with Crippen LogP contribution in [0, 0.1) is 16.4 Å². The van der Waals surface area contributed by atoms with Gasteiger partial charge in [0.1, 0.15) is 0 Å². The van der Waals surface area contributed by atoms with Crippen LogP contribution in [0.4, 0.5) is 8.78 Å². The van der Waals surface area contributed by atoms with Crippen molar-refractivity contribution in [3.63, 3.8) is 0 Å². The van der Waals surface area contributed by atoms with Crippen LogP contribution in [0.15, 0.2) is 42.5 Å². The van der Waals surface area contributed by atoms with Crippen molar-refractivity contribution in [1.29, 1.82) is 0 Å². The lowest BCUT2D eigenvalue weighted by molar-refractivity contribution is 0.359. The molecule has 7 heteroatoms. The van der Waals surface area contributed by atoms with Crippen LogP contribution in [0.2, 0.25) is 0 Å². The number of ether oxygens (including phenoxy) is 1. The van der Waals surface area contributed by atoms with Gasteiger partial charge in [0.15, 0.2) is 28.0 Å². The summed E-state index contributed by atoms with van der Waals surface area (Å²) in [5, 5.41) is 6.91. The molecule has 4 nitrogen and oxygen atoms in total. The number of nitrogens with zero attached hydrogens (tertiary/aromatic N) is 2. The molecule has 0 amide bonds. The van der Waals surface area contributed by atoms with Gasteiger partial charge in [-0.25, -0.2) is 8.78 Å². The second-order valence-electron chi connectivity index (χ2n) is 4.90. The first-order valence-corrected chi connectivity index (χ1v) is 7.23. The van der Waals surface area contributed by atoms with Crippen LogP contribution in [0.1, 0.15) is 5.56 Å². The zero-order valence-corrected chi connectivity index (χ0v) is 13.0. The molecule has 1 heterocycles. The van der Waals surface area contributed by atoms with Crippen LogP contribution < -0.4 is 4.74 Å². The summed E-state index contributed by atoms with van der Waals surface area (Å²) in [5.74, 6) is -1.29. The molecule has 0 aliphatic carbocycles. The zero-order chi connectivity index (χ0) is 16.4. The van der Waals surface area contributed by atoms with Gasteiger partial charge >= 0.3 is 0 Å². The quantitative estimate of drug-likeness (QED) is 0.735. The van der Waals surface area contributed by atoms with Crippen molar-refractivity contribution >= 4 is 12.2 Å². The van der Waals surface area contributed by atoms with Crippen molar-refractivity contribution in [2.45, 2.75) is 6.54 Å². The van der Waals surface area contributed by atoms with Gasteiger partial charge in [0.05, 0.1) is 13.7 Å². The van der Waals surface area contributed by atoms with Crippen LogP contribution >= 0.6 is 12.2 Å². The summed E-state index contributed by atoms with van der Waals surface area (Å²) in [6, 6.07) is 11.9. The largest absolute Gasteiger partial charge is 0.491 e. The molecule has 0 radical (unpaired) electrons. The molecule has 2 aromatic carbocycles. The number of hydrogen-bond donors (Lipinski definition) is 1. The summed E-state index contributed by atoms with van der Waals surface area (Å²) in [4.78, 5) is 0. The Hall–Kier alpha value is -2.54. The minimum absolute atomic E-state index is 0.192. The SMILES string of the molecule is COc1c(F)cc(Cn2c(-c3ccccc3)n[nH]c2=S)cc1F. The lowest BCUT2D eigenvalue weighted by Gasteiger charge is -2.09. The standard InChI is InChI=1S/C16H13F2N3OS/c1-22-14-12(17)7-10(8-13(14)18)9-21-15(19-20-16(21)23)11-5-3-2-4-6-11/h2-8H,9H2,1H3,(H,20,23). The topological polar surface area (TPSA) is 42.8 Å². The normalized spacial score (nSPS) is 10.7. The number of halogens is 2. The molecule has 0 unspecified atom stereocenters. The van der Waals surface area contributed by atoms with E-state index in [9.17, 15) is 8.78 Å². The van der Waals surface area contributed by atoms with E-state index in [0.29, 0.717) is 16.2 Å². The average molecular weight is 333 g/mol. The van der Waals surface area contributed by atoms with Gasteiger partial charge in [-0.05, 0) is 29.9 Å². The van der Waals surface area contributed by atoms with Gasteiger partial charge < -0.3 is 4.74 Å². The second-order valence-corrected chi connectivity index (χ2v) is 5.28. The molecule has 0 bridgehead atoms. The highest BCUT2D eigenvalue weighted by Gasteiger charge is 2.14. The monoisotopic (exact) mass is 333 g/mol. The van der Waals surface area contributed by atoms with Crippen LogP contribution in [0.25, 0.3) is 11.4 Å². The van der Waals surface area contributed by atoms with Crippen molar-refractivity contribution in [3.8, 4) is 17.1 Å². The van der Waals surface area contributed by atoms with E-state index in [1.807, 2.05) is 30.3 Å². The maximum Gasteiger partial charge on any atom is 0.195 e. The summed E-state index contributed by atoms with van der Waals surface area (Å²) < 4.78 is 34.4. The Morgan fingerprint density at radius 1 is 1.17 bits per heavy atom. The number of aromatic amines is 1. The minimum Gasteiger partial charge on any atom is -0.491 e. The zero-order valence-electron chi connectivity index (χ0n) is 12.2. The molecule has 1 N–H and O–H groups in total. The summed E-state index contributed by atoms with van der Waals surface area (Å²) in [7, 11) is 1.22. The fourth-order valence-electron chi connectivity index (χ4n) is 2.35. The molecule has 0 saturated carbocycles. The molecule has 0 aliphatic rings. The molecule has 1 aromatic heterocycles. The summed E-state index contributed by atoms with van der Waals surface area (Å²) in [6.07, 6.45) is 0. The summed E-state index contributed by atoms with van der Waals surface area (Å²) in [6.45, 7) is 0.192. The van der Waals surface area contributed by atoms with Crippen molar-refractivity contribution in [3.05, 3.63) is 64.4 Å². The smallest absolute Gasteiger partial charge is 0.195 e. The molecule has 0 atom stereocenters. The summed E-state index contributed by atoms with van der Waals surface area (Å²) >= 11 is 5.22. The maximum absolute atomic E-state index is 13.8. The molecule has 0 aliphatic heterocycles. The third-order valence-electron chi connectivity index (χ3n) is 3.39. The molecule has 3 rings (SSSR count). The maximum atomic E-state index is 13.8. The Balaban J connectivity index is 2.02. The van der Waals surface area contributed by atoms with E-state index in [1.165, 1.54) is 19.2 Å². The van der Waals surface area contributed by atoms with E-state index >= 15 is 0 Å². The number of aromatic nitrogens is 3. The van der Waals surface area contributed by atoms with Gasteiger partial charge in [0.2, 0.25) is 0 Å². The van der Waals surface area contributed by atoms with Gasteiger partial charge in [-0.2, -0.15) is 5.10 Å². The predicted molar refractivity (Wildman–Crippen MR) is 84.9 cm³/mol. The van der Waals surface area contributed by atoms with Crippen molar-refractivity contribution < 1.29 is 13.5 Å². The lowest BCUT2D eigenvalue weighted by atomic mass is 10.1. The van der Waals surface area contributed by atoms with Crippen LogP contribution in [-0.4, -0.2) is 21.9 Å². The van der Waals surface area contributed by atoms with E-state index in [1.54, 1.807) is 4.57 Å². The van der Waals surface area contributed by atoms with E-state index in [0.717, 1.165) is 5.56 Å². The molecule has 0 saturated heterocycles. The number of H-pyrrole nitrogens is 1. The number of methoxy groups -OCH3 is 1. The van der Waals surface area contributed by atoms with Gasteiger partial charge in [-0.1, -0.05) is 30.3 Å². The number of benzene rings is 2. The van der Waals surface area contributed by atoms with Crippen molar-refractivity contribution in [1.82, 2.24) is 14.8 Å². The Morgan fingerprint density at radius 2 is 1.83 bits per heavy atom. The second kappa shape index (κ2) is 6.29. The number of hydrogen-bond acceptors (Lipinski definition) is 3. The van der Waals surface area contributed by atoms with E-state index in [-0.39, 0.29) is 6.54 Å². The Bertz CT molecular complexity index is 867. The van der Waals surface area contributed by atoms with Crippen molar-refractivity contribution in [2.24, 2.45) is 0 Å². The third-order valence-corrected chi connectivity index (χ3v) is 3.70. The Labute approximate surface area is 136 Å². The Morgan fingerprint density at radius 3 is 2.43 bits per heavy atom. The van der Waals surface area contributed by atoms with Gasteiger partial charge in [0, 0.05) is 5.56 Å². The molecule has 23 heavy (non-hydrogen) atoms. The fourth-order valence-corrected chi connectivity index (χ4v) is 2.55. The first-order valence-electron chi connectivity index (χ1n) is 6.82. The molecule has 0 spiro atoms. The fraction of sp³-hybridized carbons (Fsp3) is 0.125. The van der Waals surface area contributed by atoms with E-state index in [2.05, 4.69) is 14.9 Å². The lowest BCUT2D eigenvalue weighted by Crippen LogP contribution is -2.04. The summed E-state index contributed by atoms with van der Waals surface area (Å²) in [5.41, 5.74) is 1.28. The highest BCUT2D eigenvalue weighted by molar-refractivity contribution is 7.71. The van der Waals surface area contributed by atoms with E-state index in [4.69, 9.17) is 12.2 Å². The number of rotatable bonds is 4. The molecular weight excluding hydrogens is 320 g/mol. The molecule has 0 fully saturated rings. The van der Waals surface area contributed by atoms with E-state index < -0.39 is 17.4 Å². The molecule has 3 aromatic rings. The van der Waals surface area contributed by atoms with Crippen molar-refractivity contribution in [2.75, 3.05) is 7.11 Å².